The third-order valence-corrected chi connectivity index (χ3v) is 1.91. The van der Waals surface area contributed by atoms with Crippen LogP contribution in [0.3, 0.4) is 0 Å². The number of nitrogens with one attached hydrogen (secondary N) is 1. The molecule has 2 N–H and O–H groups in total. The molecule has 0 spiro atoms. The molecular formula is C9H15N5O3. The zero-order valence-electron chi connectivity index (χ0n) is 9.75. The van der Waals surface area contributed by atoms with Gasteiger partial charge in [-0.2, -0.15) is 0 Å². The Bertz CT molecular complexity index is 401. The van der Waals surface area contributed by atoms with Crippen molar-refractivity contribution in [3.05, 3.63) is 11.9 Å². The zero-order valence-corrected chi connectivity index (χ0v) is 9.75. The number of carboxylic acids is 1. The predicted octanol–water partition coefficient (Wildman–Crippen LogP) is -1.35. The molecule has 0 unspecified atom stereocenters. The zero-order chi connectivity index (χ0) is 12.8. The second-order valence-electron chi connectivity index (χ2n) is 3.75. The number of rotatable bonds is 6. The normalized spacial score (nSPS) is 10.5. The molecule has 94 valence electrons. The van der Waals surface area contributed by atoms with Crippen molar-refractivity contribution < 1.29 is 14.7 Å². The fraction of sp³-hybridized carbons (Fsp3) is 0.556. The highest BCUT2D eigenvalue weighted by Gasteiger charge is 2.11. The van der Waals surface area contributed by atoms with Gasteiger partial charge in [-0.25, -0.2) is 4.68 Å². The maximum absolute atomic E-state index is 11.5. The van der Waals surface area contributed by atoms with Gasteiger partial charge in [-0.15, -0.1) is 5.10 Å². The van der Waals surface area contributed by atoms with Gasteiger partial charge in [0.15, 0.2) is 5.69 Å². The first-order chi connectivity index (χ1) is 7.99. The molecular weight excluding hydrogens is 226 g/mol. The third kappa shape index (κ3) is 4.60. The molecule has 17 heavy (non-hydrogen) atoms. The van der Waals surface area contributed by atoms with Crippen LogP contribution in [0.4, 0.5) is 0 Å². The molecule has 1 amide bonds. The van der Waals surface area contributed by atoms with E-state index in [1.165, 1.54) is 6.20 Å². The summed E-state index contributed by atoms with van der Waals surface area (Å²) >= 11 is 0. The predicted molar refractivity (Wildman–Crippen MR) is 58.5 cm³/mol. The summed E-state index contributed by atoms with van der Waals surface area (Å²) in [6, 6.07) is 0. The number of carbonyl (C=O) groups excluding carboxylic acids is 1. The maximum Gasteiger partial charge on any atom is 0.325 e. The lowest BCUT2D eigenvalue weighted by molar-refractivity contribution is -0.137. The lowest BCUT2D eigenvalue weighted by Crippen LogP contribution is -2.31. The summed E-state index contributed by atoms with van der Waals surface area (Å²) in [6.07, 6.45) is 1.30. The van der Waals surface area contributed by atoms with E-state index in [9.17, 15) is 9.59 Å². The van der Waals surface area contributed by atoms with Crippen LogP contribution in [0.25, 0.3) is 0 Å². The lowest BCUT2D eigenvalue weighted by Gasteiger charge is -2.09. The van der Waals surface area contributed by atoms with Gasteiger partial charge in [0.05, 0.1) is 6.20 Å². The van der Waals surface area contributed by atoms with Crippen molar-refractivity contribution in [2.45, 2.75) is 6.54 Å². The topological polar surface area (TPSA) is 100 Å². The quantitative estimate of drug-likeness (QED) is 0.639. The number of amides is 1. The standard InChI is InChI=1S/C9H15N5O3/c1-13(2)4-3-10-9(17)7-5-14(12-11-7)6-8(15)16/h5H,3-4,6H2,1-2H3,(H,10,17)(H,15,16). The third-order valence-electron chi connectivity index (χ3n) is 1.91. The molecule has 8 nitrogen and oxygen atoms in total. The molecule has 0 aromatic carbocycles. The Balaban J connectivity index is 2.46. The molecule has 0 aliphatic carbocycles. The van der Waals surface area contributed by atoms with E-state index in [-0.39, 0.29) is 18.1 Å². The van der Waals surface area contributed by atoms with Crippen LogP contribution in [0.1, 0.15) is 10.5 Å². The lowest BCUT2D eigenvalue weighted by atomic mass is 10.4. The number of hydrogen-bond donors (Lipinski definition) is 2. The van der Waals surface area contributed by atoms with Crippen LogP contribution < -0.4 is 5.32 Å². The van der Waals surface area contributed by atoms with Crippen LogP contribution in [0.15, 0.2) is 6.20 Å². The van der Waals surface area contributed by atoms with Gasteiger partial charge in [-0.05, 0) is 14.1 Å². The summed E-state index contributed by atoms with van der Waals surface area (Å²) < 4.78 is 1.10. The van der Waals surface area contributed by atoms with Crippen molar-refractivity contribution in [2.24, 2.45) is 0 Å². The molecule has 0 aliphatic rings. The number of aliphatic carboxylic acids is 1. The van der Waals surface area contributed by atoms with Gasteiger partial charge in [-0.3, -0.25) is 9.59 Å². The number of hydrogen-bond acceptors (Lipinski definition) is 5. The first-order valence-electron chi connectivity index (χ1n) is 5.04. The molecule has 8 heteroatoms. The Morgan fingerprint density at radius 3 is 2.82 bits per heavy atom. The molecule has 0 saturated heterocycles. The Kier molecular flexibility index (Phi) is 4.58. The van der Waals surface area contributed by atoms with E-state index in [1.54, 1.807) is 0 Å². The molecule has 0 fully saturated rings. The van der Waals surface area contributed by atoms with Gasteiger partial charge >= 0.3 is 5.97 Å². The second-order valence-corrected chi connectivity index (χ2v) is 3.75. The van der Waals surface area contributed by atoms with Crippen molar-refractivity contribution in [3.63, 3.8) is 0 Å². The number of aromatic nitrogens is 3. The van der Waals surface area contributed by atoms with E-state index in [1.807, 2.05) is 19.0 Å². The number of likely N-dealkylation sites (N-methyl/N-ethyl adjacent to an activating group) is 1. The first kappa shape index (κ1) is 13.1. The van der Waals surface area contributed by atoms with Crippen LogP contribution in [-0.4, -0.2) is 64.1 Å². The number of nitrogens with zero attached hydrogens (tertiary/aromatic N) is 4. The highest BCUT2D eigenvalue weighted by Crippen LogP contribution is 1.92. The van der Waals surface area contributed by atoms with Gasteiger partial charge in [0.2, 0.25) is 0 Å². The summed E-state index contributed by atoms with van der Waals surface area (Å²) in [5.41, 5.74) is 0.116. The van der Waals surface area contributed by atoms with E-state index in [0.717, 1.165) is 11.2 Å². The molecule has 0 aliphatic heterocycles. The molecule has 1 heterocycles. The monoisotopic (exact) mass is 241 g/mol. The van der Waals surface area contributed by atoms with Crippen molar-refractivity contribution in [3.8, 4) is 0 Å². The molecule has 0 bridgehead atoms. The van der Waals surface area contributed by atoms with Gasteiger partial charge in [-0.1, -0.05) is 5.21 Å². The summed E-state index contributed by atoms with van der Waals surface area (Å²) in [7, 11) is 3.80. The Morgan fingerprint density at radius 1 is 1.53 bits per heavy atom. The van der Waals surface area contributed by atoms with E-state index in [4.69, 9.17) is 5.11 Å². The molecule has 1 aromatic heterocycles. The largest absolute Gasteiger partial charge is 0.480 e. The summed E-state index contributed by atoms with van der Waals surface area (Å²) in [5, 5.41) is 18.3. The average Bonchev–Trinajstić information content (AvgIpc) is 2.64. The minimum absolute atomic E-state index is 0.116. The molecule has 0 saturated carbocycles. The number of carboxylic acid groups (broad SMARTS) is 1. The molecule has 0 atom stereocenters. The van der Waals surface area contributed by atoms with E-state index in [0.29, 0.717) is 6.54 Å². The maximum atomic E-state index is 11.5. The summed E-state index contributed by atoms with van der Waals surface area (Å²) in [4.78, 5) is 23.9. The first-order valence-corrected chi connectivity index (χ1v) is 5.04. The fourth-order valence-corrected chi connectivity index (χ4v) is 1.10. The minimum Gasteiger partial charge on any atom is -0.480 e. The summed E-state index contributed by atoms with van der Waals surface area (Å²) in [6.45, 7) is 0.907. The Morgan fingerprint density at radius 2 is 2.24 bits per heavy atom. The second kappa shape index (κ2) is 5.94. The van der Waals surface area contributed by atoms with Gasteiger partial charge in [0.1, 0.15) is 6.54 Å². The van der Waals surface area contributed by atoms with E-state index >= 15 is 0 Å². The molecule has 0 radical (unpaired) electrons. The highest BCUT2D eigenvalue weighted by molar-refractivity contribution is 5.91. The van der Waals surface area contributed by atoms with Gasteiger partial charge in [0.25, 0.3) is 5.91 Å². The van der Waals surface area contributed by atoms with Crippen LogP contribution in [0, 0.1) is 0 Å². The Hall–Kier alpha value is -1.96. The van der Waals surface area contributed by atoms with Crippen molar-refractivity contribution in [2.75, 3.05) is 27.2 Å². The van der Waals surface area contributed by atoms with Gasteiger partial charge < -0.3 is 15.3 Å². The number of carbonyl (C=O) groups is 2. The SMILES string of the molecule is CN(C)CCNC(=O)c1cn(CC(=O)O)nn1. The average molecular weight is 241 g/mol. The fourth-order valence-electron chi connectivity index (χ4n) is 1.10. The van der Waals surface area contributed by atoms with Gasteiger partial charge in [0, 0.05) is 13.1 Å². The van der Waals surface area contributed by atoms with Crippen molar-refractivity contribution in [1.29, 1.82) is 0 Å². The van der Waals surface area contributed by atoms with Crippen LogP contribution >= 0.6 is 0 Å². The van der Waals surface area contributed by atoms with Crippen molar-refractivity contribution >= 4 is 11.9 Å². The molecule has 1 rings (SSSR count). The van der Waals surface area contributed by atoms with Crippen LogP contribution in [0.2, 0.25) is 0 Å². The van der Waals surface area contributed by atoms with Crippen molar-refractivity contribution in [1.82, 2.24) is 25.2 Å². The minimum atomic E-state index is -1.03. The summed E-state index contributed by atoms with van der Waals surface area (Å²) in [5.74, 6) is -1.39. The van der Waals surface area contributed by atoms with Crippen LogP contribution in [-0.2, 0) is 11.3 Å². The highest BCUT2D eigenvalue weighted by atomic mass is 16.4. The smallest absolute Gasteiger partial charge is 0.325 e. The van der Waals surface area contributed by atoms with E-state index < -0.39 is 5.97 Å². The van der Waals surface area contributed by atoms with Crippen LogP contribution in [0.5, 0.6) is 0 Å². The Labute approximate surface area is 98.2 Å². The molecule has 1 aromatic rings. The van der Waals surface area contributed by atoms with E-state index in [2.05, 4.69) is 15.6 Å².